The maximum Gasteiger partial charge on any atom is 0.242 e. The third-order valence-electron chi connectivity index (χ3n) is 3.00. The van der Waals surface area contributed by atoms with Crippen molar-refractivity contribution in [3.8, 4) is 0 Å². The first-order valence-electron chi connectivity index (χ1n) is 7.19. The minimum Gasteiger partial charge on any atom is -0.374 e. The molecule has 3 nitrogen and oxygen atoms in total. The molecule has 0 bridgehead atoms. The number of hydrogen-bond donors (Lipinski definition) is 2. The molecule has 1 aromatic carbocycles. The molecule has 0 heterocycles. The van der Waals surface area contributed by atoms with E-state index in [4.69, 9.17) is 0 Å². The van der Waals surface area contributed by atoms with Crippen molar-refractivity contribution < 1.29 is 4.79 Å². The number of anilines is 1. The van der Waals surface area contributed by atoms with Crippen LogP contribution >= 0.6 is 0 Å². The van der Waals surface area contributed by atoms with Crippen molar-refractivity contribution in [2.45, 2.75) is 65.5 Å². The van der Waals surface area contributed by atoms with Crippen LogP contribution in [0.4, 0.5) is 5.69 Å². The summed E-state index contributed by atoms with van der Waals surface area (Å²) in [6.07, 6.45) is 0. The summed E-state index contributed by atoms with van der Waals surface area (Å²) in [5.41, 5.74) is 2.08. The number of hydrogen-bond acceptors (Lipinski definition) is 2. The second-order valence-electron chi connectivity index (χ2n) is 7.40. The highest BCUT2D eigenvalue weighted by molar-refractivity contribution is 5.85. The molecule has 0 fully saturated rings. The number of carbonyl (C=O) groups excluding carboxylic acids is 1. The van der Waals surface area contributed by atoms with Crippen molar-refractivity contribution in [3.63, 3.8) is 0 Å². The van der Waals surface area contributed by atoms with Crippen molar-refractivity contribution in [2.24, 2.45) is 0 Å². The summed E-state index contributed by atoms with van der Waals surface area (Å²) in [4.78, 5) is 12.2. The molecule has 0 spiro atoms. The molecule has 20 heavy (non-hydrogen) atoms. The zero-order chi connectivity index (χ0) is 15.6. The highest BCUT2D eigenvalue weighted by atomic mass is 16.2. The van der Waals surface area contributed by atoms with Crippen LogP contribution in [-0.4, -0.2) is 17.5 Å². The molecule has 0 aliphatic carbocycles. The topological polar surface area (TPSA) is 41.1 Å². The minimum atomic E-state index is -0.266. The molecule has 2 N–H and O–H groups in total. The van der Waals surface area contributed by atoms with E-state index in [2.05, 4.69) is 37.5 Å². The van der Waals surface area contributed by atoms with Gasteiger partial charge in [0.1, 0.15) is 6.04 Å². The minimum absolute atomic E-state index is 0.0150. The summed E-state index contributed by atoms with van der Waals surface area (Å²) >= 11 is 0. The van der Waals surface area contributed by atoms with Gasteiger partial charge in [0.2, 0.25) is 5.91 Å². The van der Waals surface area contributed by atoms with Crippen LogP contribution in [0.5, 0.6) is 0 Å². The zero-order valence-electron chi connectivity index (χ0n) is 13.8. The van der Waals surface area contributed by atoms with E-state index in [1.165, 1.54) is 5.56 Å². The van der Waals surface area contributed by atoms with Crippen LogP contribution in [0.25, 0.3) is 0 Å². The largest absolute Gasteiger partial charge is 0.374 e. The molecule has 0 aliphatic heterocycles. The standard InChI is InChI=1S/C17H28N2O/c1-12(15(20)19-17(5,6)7)18-14-11-9-8-10-13(14)16(2,3)4/h8-12,18H,1-7H3,(H,19,20). The Hall–Kier alpha value is -1.51. The van der Waals surface area contributed by atoms with E-state index in [9.17, 15) is 4.79 Å². The summed E-state index contributed by atoms with van der Waals surface area (Å²) in [6.45, 7) is 14.4. The number of nitrogens with one attached hydrogen (secondary N) is 2. The van der Waals surface area contributed by atoms with Crippen LogP contribution in [0, 0.1) is 0 Å². The van der Waals surface area contributed by atoms with Gasteiger partial charge in [-0.3, -0.25) is 4.79 Å². The van der Waals surface area contributed by atoms with Gasteiger partial charge in [-0.15, -0.1) is 0 Å². The van der Waals surface area contributed by atoms with Crippen molar-refractivity contribution in [2.75, 3.05) is 5.32 Å². The van der Waals surface area contributed by atoms with Crippen molar-refractivity contribution >= 4 is 11.6 Å². The maximum absolute atomic E-state index is 12.2. The van der Waals surface area contributed by atoms with Gasteiger partial charge >= 0.3 is 0 Å². The first-order chi connectivity index (χ1) is 9.00. The second kappa shape index (κ2) is 5.86. The first kappa shape index (κ1) is 16.5. The molecule has 1 rings (SSSR count). The Morgan fingerprint density at radius 2 is 1.60 bits per heavy atom. The van der Waals surface area contributed by atoms with Gasteiger partial charge < -0.3 is 10.6 Å². The predicted octanol–water partition coefficient (Wildman–Crippen LogP) is 3.70. The van der Waals surface area contributed by atoms with Gasteiger partial charge in [-0.25, -0.2) is 0 Å². The summed E-state index contributed by atoms with van der Waals surface area (Å²) in [5.74, 6) is 0.0150. The van der Waals surface area contributed by atoms with Gasteiger partial charge in [0.25, 0.3) is 0 Å². The zero-order valence-corrected chi connectivity index (χ0v) is 13.8. The predicted molar refractivity (Wildman–Crippen MR) is 86.1 cm³/mol. The Labute approximate surface area is 123 Å². The molecule has 1 atom stereocenters. The van der Waals surface area contributed by atoms with Crippen molar-refractivity contribution in [1.29, 1.82) is 0 Å². The molecule has 0 radical (unpaired) electrons. The van der Waals surface area contributed by atoms with Crippen molar-refractivity contribution in [3.05, 3.63) is 29.8 Å². The third kappa shape index (κ3) is 4.87. The van der Waals surface area contributed by atoms with Gasteiger partial charge in [-0.2, -0.15) is 0 Å². The molecule has 0 aromatic heterocycles. The van der Waals surface area contributed by atoms with Gasteiger partial charge in [0.05, 0.1) is 0 Å². The molecular formula is C17H28N2O. The Balaban J connectivity index is 2.86. The van der Waals surface area contributed by atoms with E-state index in [1.54, 1.807) is 0 Å². The normalized spacial score (nSPS) is 13.8. The number of rotatable bonds is 3. The fourth-order valence-corrected chi connectivity index (χ4v) is 2.04. The van der Waals surface area contributed by atoms with E-state index >= 15 is 0 Å². The lowest BCUT2D eigenvalue weighted by molar-refractivity contribution is -0.122. The molecule has 3 heteroatoms. The van der Waals surface area contributed by atoms with E-state index in [0.29, 0.717) is 0 Å². The van der Waals surface area contributed by atoms with Crippen LogP contribution in [0.3, 0.4) is 0 Å². The summed E-state index contributed by atoms with van der Waals surface area (Å²) in [6, 6.07) is 7.90. The molecule has 0 saturated heterocycles. The van der Waals surface area contributed by atoms with E-state index in [-0.39, 0.29) is 22.9 Å². The fraction of sp³-hybridized carbons (Fsp3) is 0.588. The second-order valence-corrected chi connectivity index (χ2v) is 7.40. The fourth-order valence-electron chi connectivity index (χ4n) is 2.04. The Bertz CT molecular complexity index is 467. The van der Waals surface area contributed by atoms with Crippen LogP contribution in [0.2, 0.25) is 0 Å². The average Bonchev–Trinajstić information content (AvgIpc) is 2.25. The summed E-state index contributed by atoms with van der Waals surface area (Å²) in [5, 5.41) is 6.32. The lowest BCUT2D eigenvalue weighted by Gasteiger charge is -2.27. The van der Waals surface area contributed by atoms with Crippen LogP contribution in [-0.2, 0) is 10.2 Å². The van der Waals surface area contributed by atoms with Crippen LogP contribution < -0.4 is 10.6 Å². The highest BCUT2D eigenvalue weighted by Crippen LogP contribution is 2.29. The number of para-hydroxylation sites is 1. The average molecular weight is 276 g/mol. The third-order valence-corrected chi connectivity index (χ3v) is 3.00. The van der Waals surface area contributed by atoms with Crippen LogP contribution in [0.1, 0.15) is 54.0 Å². The number of carbonyl (C=O) groups is 1. The Morgan fingerprint density at radius 3 is 2.10 bits per heavy atom. The molecule has 0 aliphatic rings. The van der Waals surface area contributed by atoms with E-state index in [0.717, 1.165) is 5.69 Å². The van der Waals surface area contributed by atoms with Gasteiger partial charge in [-0.1, -0.05) is 39.0 Å². The Kier molecular flexibility index (Phi) is 4.85. The van der Waals surface area contributed by atoms with Crippen molar-refractivity contribution in [1.82, 2.24) is 5.32 Å². The van der Waals surface area contributed by atoms with E-state index in [1.807, 2.05) is 45.9 Å². The SMILES string of the molecule is CC(Nc1ccccc1C(C)(C)C)C(=O)NC(C)(C)C. The molecule has 1 unspecified atom stereocenters. The lowest BCUT2D eigenvalue weighted by Crippen LogP contribution is -2.47. The number of benzene rings is 1. The first-order valence-corrected chi connectivity index (χ1v) is 7.19. The molecule has 1 amide bonds. The Morgan fingerprint density at radius 1 is 1.05 bits per heavy atom. The maximum atomic E-state index is 12.2. The van der Waals surface area contributed by atoms with Gasteiger partial charge in [-0.05, 0) is 44.7 Å². The number of amides is 1. The summed E-state index contributed by atoms with van der Waals surface area (Å²) in [7, 11) is 0. The quantitative estimate of drug-likeness (QED) is 0.884. The molecule has 1 aromatic rings. The molecular weight excluding hydrogens is 248 g/mol. The highest BCUT2D eigenvalue weighted by Gasteiger charge is 2.22. The molecule has 0 saturated carbocycles. The van der Waals surface area contributed by atoms with E-state index < -0.39 is 0 Å². The van der Waals surface area contributed by atoms with Gasteiger partial charge in [0.15, 0.2) is 0 Å². The monoisotopic (exact) mass is 276 g/mol. The van der Waals surface area contributed by atoms with Gasteiger partial charge in [0, 0.05) is 11.2 Å². The molecule has 112 valence electrons. The summed E-state index contributed by atoms with van der Waals surface area (Å²) < 4.78 is 0. The smallest absolute Gasteiger partial charge is 0.242 e. The van der Waals surface area contributed by atoms with Crippen LogP contribution in [0.15, 0.2) is 24.3 Å². The lowest BCUT2D eigenvalue weighted by atomic mass is 9.85.